The minimum atomic E-state index is -0.642. The third kappa shape index (κ3) is 5.93. The molecule has 0 aliphatic carbocycles. The molecule has 0 radical (unpaired) electrons. The topological polar surface area (TPSA) is 103 Å². The van der Waals surface area contributed by atoms with Crippen LogP contribution in [0.4, 0.5) is 0 Å². The van der Waals surface area contributed by atoms with Crippen LogP contribution < -0.4 is 14.8 Å². The highest BCUT2D eigenvalue weighted by Crippen LogP contribution is 2.25. The Hall–Kier alpha value is -3.86. The van der Waals surface area contributed by atoms with Gasteiger partial charge in [-0.15, -0.1) is 0 Å². The van der Waals surface area contributed by atoms with E-state index in [4.69, 9.17) is 9.47 Å². The van der Waals surface area contributed by atoms with Crippen molar-refractivity contribution in [3.63, 3.8) is 0 Å². The molecule has 0 saturated carbocycles. The molecular weight excluding hydrogens is 428 g/mol. The van der Waals surface area contributed by atoms with Crippen molar-refractivity contribution >= 4 is 10.9 Å². The van der Waals surface area contributed by atoms with Crippen LogP contribution in [0, 0.1) is 11.3 Å². The number of nitrogens with zero attached hydrogens (tertiary/aromatic N) is 2. The molecule has 2 aromatic carbocycles. The number of benzene rings is 2. The SMILES string of the molecule is CC(C)(Cc1ccc(Oc2ncccc2C#N)cc1)NC[C@H](O)COc1cccc2[nH]ccc12. The van der Waals surface area contributed by atoms with Gasteiger partial charge >= 0.3 is 0 Å². The number of aliphatic hydroxyl groups excluding tert-OH is 1. The normalized spacial score (nSPS) is 12.3. The van der Waals surface area contributed by atoms with Crippen molar-refractivity contribution < 1.29 is 14.6 Å². The molecule has 0 saturated heterocycles. The van der Waals surface area contributed by atoms with Crippen molar-refractivity contribution in [3.05, 3.63) is 84.2 Å². The molecule has 7 heteroatoms. The molecule has 0 fully saturated rings. The number of H-pyrrole nitrogens is 1. The van der Waals surface area contributed by atoms with Crippen molar-refractivity contribution in [1.29, 1.82) is 5.26 Å². The summed E-state index contributed by atoms with van der Waals surface area (Å²) in [6.45, 7) is 4.81. The largest absolute Gasteiger partial charge is 0.490 e. The van der Waals surface area contributed by atoms with Crippen LogP contribution in [0.2, 0.25) is 0 Å². The van der Waals surface area contributed by atoms with Crippen LogP contribution in [0.3, 0.4) is 0 Å². The molecule has 0 aliphatic heterocycles. The first kappa shape index (κ1) is 23.3. The van der Waals surface area contributed by atoms with Gasteiger partial charge in [-0.05, 0) is 68.3 Å². The van der Waals surface area contributed by atoms with Gasteiger partial charge in [0.15, 0.2) is 0 Å². The number of fused-ring (bicyclic) bond motifs is 1. The number of hydrogen-bond donors (Lipinski definition) is 3. The van der Waals surface area contributed by atoms with Gasteiger partial charge in [0.25, 0.3) is 0 Å². The Labute approximate surface area is 199 Å². The van der Waals surface area contributed by atoms with Gasteiger partial charge in [-0.1, -0.05) is 18.2 Å². The predicted octanol–water partition coefficient (Wildman–Crippen LogP) is 4.58. The van der Waals surface area contributed by atoms with Gasteiger partial charge in [-0.3, -0.25) is 0 Å². The zero-order valence-corrected chi connectivity index (χ0v) is 19.3. The summed E-state index contributed by atoms with van der Waals surface area (Å²) in [7, 11) is 0. The van der Waals surface area contributed by atoms with Crippen LogP contribution in [0.1, 0.15) is 25.0 Å². The predicted molar refractivity (Wildman–Crippen MR) is 131 cm³/mol. The molecule has 4 rings (SSSR count). The van der Waals surface area contributed by atoms with Crippen LogP contribution in [-0.4, -0.2) is 39.9 Å². The second-order valence-corrected chi connectivity index (χ2v) is 8.82. The Morgan fingerprint density at radius 3 is 2.74 bits per heavy atom. The zero-order valence-electron chi connectivity index (χ0n) is 19.3. The van der Waals surface area contributed by atoms with Crippen LogP contribution >= 0.6 is 0 Å². The molecular formula is C27H28N4O3. The highest BCUT2D eigenvalue weighted by atomic mass is 16.5. The van der Waals surface area contributed by atoms with Gasteiger partial charge in [0, 0.05) is 35.4 Å². The molecule has 174 valence electrons. The van der Waals surface area contributed by atoms with E-state index in [0.29, 0.717) is 23.7 Å². The van der Waals surface area contributed by atoms with Gasteiger partial charge in [0.05, 0.1) is 0 Å². The molecule has 0 spiro atoms. The number of aromatic amines is 1. The van der Waals surface area contributed by atoms with E-state index in [1.54, 1.807) is 18.3 Å². The van der Waals surface area contributed by atoms with E-state index in [1.165, 1.54) is 0 Å². The summed E-state index contributed by atoms with van der Waals surface area (Å²) < 4.78 is 11.6. The number of nitriles is 1. The minimum absolute atomic E-state index is 0.206. The van der Waals surface area contributed by atoms with E-state index in [-0.39, 0.29) is 12.1 Å². The molecule has 3 N–H and O–H groups in total. The molecule has 0 unspecified atom stereocenters. The molecule has 0 amide bonds. The Morgan fingerprint density at radius 2 is 1.94 bits per heavy atom. The summed E-state index contributed by atoms with van der Waals surface area (Å²) in [5.41, 5.74) is 2.28. The standard InChI is InChI=1S/C27H28N4O3/c1-27(2,31-17-21(32)18-33-25-7-3-6-24-23(25)12-14-29-24)15-19-8-10-22(11-9-19)34-26-20(16-28)5-4-13-30-26/h3-14,21,29,31-32H,15,17-18H2,1-2H3/t21-/m0/s1. The first-order chi connectivity index (χ1) is 16.4. The van der Waals surface area contributed by atoms with Crippen molar-refractivity contribution in [2.75, 3.05) is 13.2 Å². The molecule has 0 bridgehead atoms. The monoisotopic (exact) mass is 456 g/mol. The van der Waals surface area contributed by atoms with Crippen molar-refractivity contribution in [1.82, 2.24) is 15.3 Å². The fourth-order valence-electron chi connectivity index (χ4n) is 3.74. The van der Waals surface area contributed by atoms with E-state index in [0.717, 1.165) is 28.6 Å². The molecule has 2 heterocycles. The third-order valence-corrected chi connectivity index (χ3v) is 5.48. The highest BCUT2D eigenvalue weighted by molar-refractivity contribution is 5.85. The Kier molecular flexibility index (Phi) is 7.12. The van der Waals surface area contributed by atoms with E-state index < -0.39 is 6.10 Å². The number of aliphatic hydroxyl groups is 1. The lowest BCUT2D eigenvalue weighted by atomic mass is 9.94. The molecule has 1 atom stereocenters. The lowest BCUT2D eigenvalue weighted by Gasteiger charge is -2.28. The second-order valence-electron chi connectivity index (χ2n) is 8.82. The fraction of sp³-hybridized carbons (Fsp3) is 0.259. The van der Waals surface area contributed by atoms with Crippen molar-refractivity contribution in [3.8, 4) is 23.4 Å². The Bertz CT molecular complexity index is 1280. The summed E-state index contributed by atoms with van der Waals surface area (Å²) in [5, 5.41) is 24.1. The minimum Gasteiger partial charge on any atom is -0.490 e. The first-order valence-electron chi connectivity index (χ1n) is 11.2. The lowest BCUT2D eigenvalue weighted by Crippen LogP contribution is -2.46. The van der Waals surface area contributed by atoms with Gasteiger partial charge in [0.2, 0.25) is 5.88 Å². The van der Waals surface area contributed by atoms with Crippen LogP contribution in [0.5, 0.6) is 17.4 Å². The number of nitrogens with one attached hydrogen (secondary N) is 2. The van der Waals surface area contributed by atoms with E-state index in [9.17, 15) is 10.4 Å². The van der Waals surface area contributed by atoms with Crippen molar-refractivity contribution in [2.45, 2.75) is 31.9 Å². The third-order valence-electron chi connectivity index (χ3n) is 5.48. The molecule has 0 aliphatic rings. The summed E-state index contributed by atoms with van der Waals surface area (Å²) in [4.78, 5) is 7.28. The number of aromatic nitrogens is 2. The maximum Gasteiger partial charge on any atom is 0.237 e. The number of hydrogen-bond acceptors (Lipinski definition) is 6. The fourth-order valence-corrected chi connectivity index (χ4v) is 3.74. The van der Waals surface area contributed by atoms with Crippen LogP contribution in [0.25, 0.3) is 10.9 Å². The smallest absolute Gasteiger partial charge is 0.237 e. The Balaban J connectivity index is 1.27. The summed E-state index contributed by atoms with van der Waals surface area (Å²) >= 11 is 0. The number of β-amino-alcohol motifs (C(OH)–C–C–N with tert-alkyl or cyclic N) is 1. The second kappa shape index (κ2) is 10.4. The lowest BCUT2D eigenvalue weighted by molar-refractivity contribution is 0.0996. The van der Waals surface area contributed by atoms with Gasteiger partial charge in [0.1, 0.15) is 35.8 Å². The van der Waals surface area contributed by atoms with Gasteiger partial charge in [-0.2, -0.15) is 5.26 Å². The van der Waals surface area contributed by atoms with Crippen molar-refractivity contribution in [2.24, 2.45) is 0 Å². The number of ether oxygens (including phenoxy) is 2. The van der Waals surface area contributed by atoms with E-state index in [1.807, 2.05) is 54.7 Å². The van der Waals surface area contributed by atoms with Gasteiger partial charge < -0.3 is 24.9 Å². The van der Waals surface area contributed by atoms with Gasteiger partial charge in [-0.25, -0.2) is 4.98 Å². The van der Waals surface area contributed by atoms with Crippen LogP contribution in [-0.2, 0) is 6.42 Å². The van der Waals surface area contributed by atoms with E-state index >= 15 is 0 Å². The first-order valence-corrected chi connectivity index (χ1v) is 11.2. The maximum absolute atomic E-state index is 10.4. The highest BCUT2D eigenvalue weighted by Gasteiger charge is 2.20. The summed E-state index contributed by atoms with van der Waals surface area (Å²) in [5.74, 6) is 1.67. The Morgan fingerprint density at radius 1 is 1.12 bits per heavy atom. The summed E-state index contributed by atoms with van der Waals surface area (Å²) in [6.07, 6.45) is 3.59. The average molecular weight is 457 g/mol. The zero-order chi connectivity index (χ0) is 24.0. The average Bonchev–Trinajstić information content (AvgIpc) is 3.32. The molecule has 34 heavy (non-hydrogen) atoms. The summed E-state index contributed by atoms with van der Waals surface area (Å²) in [6, 6.07) is 21.0. The molecule has 4 aromatic rings. The maximum atomic E-state index is 10.4. The molecule has 2 aromatic heterocycles. The number of rotatable bonds is 10. The number of pyridine rings is 1. The molecule has 7 nitrogen and oxygen atoms in total. The quantitative estimate of drug-likeness (QED) is 0.323. The van der Waals surface area contributed by atoms with E-state index in [2.05, 4.69) is 35.2 Å². The van der Waals surface area contributed by atoms with Crippen LogP contribution in [0.15, 0.2) is 73.1 Å².